The zero-order valence-corrected chi connectivity index (χ0v) is 16.5. The van der Waals surface area contributed by atoms with Crippen molar-refractivity contribution in [2.45, 2.75) is 67.7 Å². The maximum atomic E-state index is 3.73. The Morgan fingerprint density at radius 1 is 0.864 bits per heavy atom. The Morgan fingerprint density at radius 2 is 1.23 bits per heavy atom. The van der Waals surface area contributed by atoms with Gasteiger partial charge in [-0.1, -0.05) is 110 Å². The Hall–Kier alpha value is -1.56. The van der Waals surface area contributed by atoms with Gasteiger partial charge >= 0.3 is 0 Å². The van der Waals surface area contributed by atoms with Crippen LogP contribution in [0.2, 0.25) is 0 Å². The number of hydrogen-bond donors (Lipinski definition) is 0. The van der Waals surface area contributed by atoms with E-state index in [1.807, 2.05) is 45.9 Å². The van der Waals surface area contributed by atoms with Crippen LogP contribution in [0, 0.1) is 0 Å². The van der Waals surface area contributed by atoms with Crippen molar-refractivity contribution in [1.82, 2.24) is 0 Å². The van der Waals surface area contributed by atoms with Crippen LogP contribution in [0.3, 0.4) is 0 Å². The van der Waals surface area contributed by atoms with Crippen LogP contribution in [0.4, 0.5) is 0 Å². The molecule has 0 saturated carbocycles. The van der Waals surface area contributed by atoms with E-state index in [0.717, 1.165) is 6.42 Å². The third-order valence-electron chi connectivity index (χ3n) is 1.47. The van der Waals surface area contributed by atoms with Crippen molar-refractivity contribution < 1.29 is 0 Å². The van der Waals surface area contributed by atoms with E-state index < -0.39 is 0 Å². The SMILES string of the molecule is C=C/C(=C\C=C/C)CCC.C=CC.C=CC=C.CC.CCC. The van der Waals surface area contributed by atoms with Crippen LogP contribution < -0.4 is 0 Å². The van der Waals surface area contributed by atoms with E-state index in [1.54, 1.807) is 18.2 Å². The van der Waals surface area contributed by atoms with Gasteiger partial charge in [0.15, 0.2) is 0 Å². The minimum Gasteiger partial charge on any atom is -0.103 e. The molecule has 0 aromatic carbocycles. The monoisotopic (exact) mass is 306 g/mol. The largest absolute Gasteiger partial charge is 0.103 e. The molecule has 0 radical (unpaired) electrons. The zero-order valence-electron chi connectivity index (χ0n) is 16.5. The van der Waals surface area contributed by atoms with E-state index in [-0.39, 0.29) is 0 Å². The van der Waals surface area contributed by atoms with Gasteiger partial charge in [0.05, 0.1) is 0 Å². The summed E-state index contributed by atoms with van der Waals surface area (Å²) in [6.07, 6.45) is 16.7. The highest BCUT2D eigenvalue weighted by molar-refractivity contribution is 5.21. The third-order valence-corrected chi connectivity index (χ3v) is 1.47. The highest BCUT2D eigenvalue weighted by Crippen LogP contribution is 2.04. The molecule has 22 heavy (non-hydrogen) atoms. The molecule has 0 aliphatic heterocycles. The van der Waals surface area contributed by atoms with Gasteiger partial charge in [-0.2, -0.15) is 0 Å². The lowest BCUT2D eigenvalue weighted by atomic mass is 10.1. The van der Waals surface area contributed by atoms with Crippen LogP contribution in [-0.4, -0.2) is 0 Å². The Bertz CT molecular complexity index is 245. The molecule has 0 N–H and O–H groups in total. The fraction of sp³-hybridized carbons (Fsp3) is 0.455. The molecule has 0 atom stereocenters. The highest BCUT2D eigenvalue weighted by atomic mass is 13.9. The fourth-order valence-electron chi connectivity index (χ4n) is 0.762. The molecule has 0 aliphatic rings. The van der Waals surface area contributed by atoms with Gasteiger partial charge in [-0.05, 0) is 25.8 Å². The molecule has 0 spiro atoms. The molecule has 0 heteroatoms. The van der Waals surface area contributed by atoms with E-state index in [9.17, 15) is 0 Å². The van der Waals surface area contributed by atoms with Crippen LogP contribution in [-0.2, 0) is 0 Å². The normalized spacial score (nSPS) is 8.23. The van der Waals surface area contributed by atoms with Crippen LogP contribution in [0.25, 0.3) is 0 Å². The summed E-state index contributed by atoms with van der Waals surface area (Å²) in [7, 11) is 0. The van der Waals surface area contributed by atoms with Gasteiger partial charge in [0.2, 0.25) is 0 Å². The lowest BCUT2D eigenvalue weighted by Crippen LogP contribution is -1.74. The van der Waals surface area contributed by atoms with Crippen molar-refractivity contribution in [1.29, 1.82) is 0 Å². The standard InChI is InChI=1S/C10H16.C4H6.C3H8.C3H6.C2H6/c1-4-7-9-10(6-3)8-5-2;1-3-4-2;2*1-3-2;1-2/h4,6-7,9H,3,5,8H2,1-2H3;3-4H,1-2H2;3H2,1-2H3;3H,1H2,2H3;1-2H3/b7-4-,10-9+;;;;. The molecule has 0 aromatic rings. The summed E-state index contributed by atoms with van der Waals surface area (Å²) < 4.78 is 0. The first-order valence-corrected chi connectivity index (χ1v) is 8.34. The Labute approximate surface area is 142 Å². The Kier molecular flexibility index (Phi) is 74.4. The van der Waals surface area contributed by atoms with Gasteiger partial charge in [-0.3, -0.25) is 0 Å². The van der Waals surface area contributed by atoms with Gasteiger partial charge in [0.25, 0.3) is 0 Å². The molecule has 0 unspecified atom stereocenters. The molecule has 0 amide bonds. The maximum Gasteiger partial charge on any atom is -0.0282 e. The fourth-order valence-corrected chi connectivity index (χ4v) is 0.762. The molecule has 0 saturated heterocycles. The number of rotatable bonds is 5. The number of allylic oxidation sites excluding steroid dienone is 8. The first-order chi connectivity index (χ1) is 10.6. The van der Waals surface area contributed by atoms with E-state index in [1.165, 1.54) is 18.4 Å². The summed E-state index contributed by atoms with van der Waals surface area (Å²) in [5.74, 6) is 0. The van der Waals surface area contributed by atoms with Gasteiger partial charge < -0.3 is 0 Å². The smallest absolute Gasteiger partial charge is 0.0282 e. The first kappa shape index (κ1) is 32.4. The minimum absolute atomic E-state index is 1.13. The van der Waals surface area contributed by atoms with Crippen molar-refractivity contribution in [2.24, 2.45) is 0 Å². The molecule has 130 valence electrons. The van der Waals surface area contributed by atoms with Gasteiger partial charge in [-0.25, -0.2) is 0 Å². The summed E-state index contributed by atoms with van der Waals surface area (Å²) in [5.41, 5.74) is 1.32. The number of hydrogen-bond acceptors (Lipinski definition) is 0. The summed E-state index contributed by atoms with van der Waals surface area (Å²) in [5, 5.41) is 0. The predicted molar refractivity (Wildman–Crippen MR) is 112 cm³/mol. The quantitative estimate of drug-likeness (QED) is 0.353. The molecule has 0 aromatic heterocycles. The molecular formula is C22H42. The molecule has 0 rings (SSSR count). The first-order valence-electron chi connectivity index (χ1n) is 8.34. The van der Waals surface area contributed by atoms with Gasteiger partial charge in [-0.15, -0.1) is 6.58 Å². The highest BCUT2D eigenvalue weighted by Gasteiger charge is 1.84. The minimum atomic E-state index is 1.13. The molecule has 0 aliphatic carbocycles. The molecule has 0 heterocycles. The van der Waals surface area contributed by atoms with Crippen molar-refractivity contribution in [2.75, 3.05) is 0 Å². The van der Waals surface area contributed by atoms with Crippen LogP contribution in [0.1, 0.15) is 67.7 Å². The van der Waals surface area contributed by atoms with E-state index in [0.29, 0.717) is 0 Å². The second kappa shape index (κ2) is 50.5. The summed E-state index contributed by atoms with van der Waals surface area (Å²) in [6.45, 7) is 28.1. The van der Waals surface area contributed by atoms with Crippen LogP contribution in [0.5, 0.6) is 0 Å². The second-order valence-electron chi connectivity index (χ2n) is 3.81. The molecule has 0 nitrogen and oxygen atoms in total. The molecule has 0 fully saturated rings. The molecule has 0 bridgehead atoms. The van der Waals surface area contributed by atoms with E-state index in [4.69, 9.17) is 0 Å². The van der Waals surface area contributed by atoms with E-state index >= 15 is 0 Å². The Balaban J connectivity index is -0.0000000667. The average molecular weight is 307 g/mol. The van der Waals surface area contributed by atoms with E-state index in [2.05, 4.69) is 53.2 Å². The second-order valence-corrected chi connectivity index (χ2v) is 3.81. The lowest BCUT2D eigenvalue weighted by Gasteiger charge is -1.94. The van der Waals surface area contributed by atoms with Gasteiger partial charge in [0.1, 0.15) is 0 Å². The summed E-state index contributed by atoms with van der Waals surface area (Å²) >= 11 is 0. The van der Waals surface area contributed by atoms with Crippen molar-refractivity contribution in [3.63, 3.8) is 0 Å². The van der Waals surface area contributed by atoms with Crippen molar-refractivity contribution in [3.8, 4) is 0 Å². The van der Waals surface area contributed by atoms with Crippen LogP contribution >= 0.6 is 0 Å². The van der Waals surface area contributed by atoms with Crippen LogP contribution in [0.15, 0.2) is 74.4 Å². The van der Waals surface area contributed by atoms with Crippen molar-refractivity contribution in [3.05, 3.63) is 74.4 Å². The third kappa shape index (κ3) is 78.7. The molecular weight excluding hydrogens is 264 g/mol. The maximum absolute atomic E-state index is 3.73. The summed E-state index contributed by atoms with van der Waals surface area (Å²) in [6, 6.07) is 0. The van der Waals surface area contributed by atoms with Crippen molar-refractivity contribution >= 4 is 0 Å². The topological polar surface area (TPSA) is 0 Å². The predicted octanol–water partition coefficient (Wildman–Crippen LogP) is 8.47. The van der Waals surface area contributed by atoms with Gasteiger partial charge in [0, 0.05) is 0 Å². The zero-order chi connectivity index (χ0) is 18.6. The lowest BCUT2D eigenvalue weighted by molar-refractivity contribution is 0.927. The average Bonchev–Trinajstić information content (AvgIpc) is 2.55. The Morgan fingerprint density at radius 3 is 1.41 bits per heavy atom. The summed E-state index contributed by atoms with van der Waals surface area (Å²) in [4.78, 5) is 0.